The first-order valence-electron chi connectivity index (χ1n) is 7.07. The Morgan fingerprint density at radius 1 is 1.12 bits per heavy atom. The lowest BCUT2D eigenvalue weighted by Gasteiger charge is -2.16. The Balaban J connectivity index is 2.41. The van der Waals surface area contributed by atoms with E-state index in [1.807, 2.05) is 4.72 Å². The van der Waals surface area contributed by atoms with E-state index in [1.165, 1.54) is 12.1 Å². The Bertz CT molecular complexity index is 969. The average Bonchev–Trinajstić information content (AvgIpc) is 2.50. The van der Waals surface area contributed by atoms with Crippen LogP contribution in [0.5, 0.6) is 0 Å². The molecule has 0 aliphatic rings. The van der Waals surface area contributed by atoms with Gasteiger partial charge in [-0.15, -0.1) is 0 Å². The van der Waals surface area contributed by atoms with Crippen LogP contribution in [-0.2, 0) is 33.3 Å². The number of benzene rings is 1. The van der Waals surface area contributed by atoms with E-state index in [-0.39, 0.29) is 4.57 Å². The number of carbonyl (C=O) groups is 1. The lowest BCUT2D eigenvalue weighted by molar-refractivity contribution is -0.146. The number of carboxylic acid groups (broad SMARTS) is 1. The van der Waals surface area contributed by atoms with Crippen LogP contribution in [0.4, 0.5) is 18.9 Å². The van der Waals surface area contributed by atoms with Gasteiger partial charge in [-0.2, -0.15) is 13.2 Å². The summed E-state index contributed by atoms with van der Waals surface area (Å²) < 4.78 is 65.0. The van der Waals surface area contributed by atoms with Crippen LogP contribution in [0.15, 0.2) is 47.3 Å². The number of carboxylic acids is 1. The summed E-state index contributed by atoms with van der Waals surface area (Å²) in [7, 11) is -4.10. The van der Waals surface area contributed by atoms with E-state index in [0.29, 0.717) is 17.7 Å². The third-order valence-corrected chi connectivity index (χ3v) is 4.47. The van der Waals surface area contributed by atoms with Gasteiger partial charge in [0.05, 0.1) is 5.75 Å². The highest BCUT2D eigenvalue weighted by atomic mass is 32.2. The number of rotatable bonds is 6. The van der Waals surface area contributed by atoms with Crippen LogP contribution in [0, 0.1) is 0 Å². The largest absolute Gasteiger partial charge is 0.480 e. The highest BCUT2D eigenvalue weighted by molar-refractivity contribution is 7.91. The van der Waals surface area contributed by atoms with E-state index in [4.69, 9.17) is 5.11 Å². The number of halogens is 3. The molecule has 2 rings (SSSR count). The predicted octanol–water partition coefficient (Wildman–Crippen LogP) is 1.89. The number of aliphatic carboxylic acids is 1. The van der Waals surface area contributed by atoms with Gasteiger partial charge in [0.2, 0.25) is 10.0 Å². The number of aromatic nitrogens is 1. The Kier molecular flexibility index (Phi) is 5.40. The van der Waals surface area contributed by atoms with E-state index in [2.05, 4.69) is 0 Å². The third-order valence-electron chi connectivity index (χ3n) is 3.22. The first kappa shape index (κ1) is 19.5. The molecule has 0 bridgehead atoms. The minimum absolute atomic E-state index is 0.0390. The van der Waals surface area contributed by atoms with Crippen molar-refractivity contribution in [2.45, 2.75) is 18.5 Å². The molecule has 1 aromatic carbocycles. The fourth-order valence-electron chi connectivity index (χ4n) is 2.19. The summed E-state index contributed by atoms with van der Waals surface area (Å²) in [6.07, 6.45) is -4.98. The van der Waals surface area contributed by atoms with Gasteiger partial charge in [0, 0.05) is 0 Å². The minimum atomic E-state index is -4.98. The molecule has 0 saturated heterocycles. The Hall–Kier alpha value is -2.82. The number of nitrogens with zero attached hydrogens (tertiary/aromatic N) is 1. The summed E-state index contributed by atoms with van der Waals surface area (Å²) in [6.45, 7) is -1.26. The topological polar surface area (TPSA) is 105 Å². The molecule has 2 aromatic rings. The number of hydrogen-bond donors (Lipinski definition) is 2. The van der Waals surface area contributed by atoms with Gasteiger partial charge in [-0.1, -0.05) is 30.3 Å². The standard InChI is InChI=1S/C15H13F3N2O5S/c16-15(17,18)12-7-6-11(14(23)20(12)8-13(21)22)19-26(24,25)9-10-4-2-1-3-5-10/h1-7,19H,8-9H2,(H,21,22). The van der Waals surface area contributed by atoms with Gasteiger partial charge >= 0.3 is 12.1 Å². The number of hydrogen-bond acceptors (Lipinski definition) is 4. The van der Waals surface area contributed by atoms with E-state index >= 15 is 0 Å². The number of alkyl halides is 3. The van der Waals surface area contributed by atoms with Crippen LogP contribution in [0.3, 0.4) is 0 Å². The summed E-state index contributed by atoms with van der Waals surface area (Å²) in [4.78, 5) is 22.9. The van der Waals surface area contributed by atoms with Crippen molar-refractivity contribution in [1.82, 2.24) is 4.57 Å². The Morgan fingerprint density at radius 2 is 1.73 bits per heavy atom. The zero-order chi connectivity index (χ0) is 19.5. The van der Waals surface area contributed by atoms with Crippen molar-refractivity contribution in [3.63, 3.8) is 0 Å². The highest BCUT2D eigenvalue weighted by Crippen LogP contribution is 2.29. The molecule has 0 unspecified atom stereocenters. The summed E-state index contributed by atoms with van der Waals surface area (Å²) in [5.74, 6) is -2.19. The molecule has 7 nitrogen and oxygen atoms in total. The van der Waals surface area contributed by atoms with Crippen LogP contribution in [0.2, 0.25) is 0 Å². The minimum Gasteiger partial charge on any atom is -0.480 e. The molecule has 0 aliphatic heterocycles. The molecule has 0 amide bonds. The molecular weight excluding hydrogens is 377 g/mol. The third kappa shape index (κ3) is 4.85. The second kappa shape index (κ2) is 7.20. The molecule has 0 spiro atoms. The zero-order valence-corrected chi connectivity index (χ0v) is 13.8. The maximum absolute atomic E-state index is 12.9. The molecule has 1 aromatic heterocycles. The molecule has 0 atom stereocenters. The van der Waals surface area contributed by atoms with Crippen molar-refractivity contribution < 1.29 is 31.5 Å². The highest BCUT2D eigenvalue weighted by Gasteiger charge is 2.35. The van der Waals surface area contributed by atoms with E-state index < -0.39 is 51.4 Å². The zero-order valence-electron chi connectivity index (χ0n) is 13.0. The van der Waals surface area contributed by atoms with E-state index in [1.54, 1.807) is 18.2 Å². The van der Waals surface area contributed by atoms with Crippen LogP contribution < -0.4 is 10.3 Å². The van der Waals surface area contributed by atoms with Gasteiger partial charge in [0.1, 0.15) is 17.9 Å². The SMILES string of the molecule is O=C(O)Cn1c(C(F)(F)F)ccc(NS(=O)(=O)Cc2ccccc2)c1=O. The van der Waals surface area contributed by atoms with Crippen molar-refractivity contribution in [2.75, 3.05) is 4.72 Å². The van der Waals surface area contributed by atoms with E-state index in [9.17, 15) is 31.2 Å². The van der Waals surface area contributed by atoms with Gasteiger partial charge in [-0.3, -0.25) is 18.9 Å². The maximum Gasteiger partial charge on any atom is 0.431 e. The van der Waals surface area contributed by atoms with Gasteiger partial charge < -0.3 is 5.11 Å². The first-order valence-corrected chi connectivity index (χ1v) is 8.72. The fourth-order valence-corrected chi connectivity index (χ4v) is 3.39. The van der Waals surface area contributed by atoms with Crippen LogP contribution in [-0.4, -0.2) is 24.1 Å². The van der Waals surface area contributed by atoms with Gasteiger partial charge in [0.25, 0.3) is 5.56 Å². The molecule has 1 heterocycles. The maximum atomic E-state index is 12.9. The predicted molar refractivity (Wildman–Crippen MR) is 86.0 cm³/mol. The van der Waals surface area contributed by atoms with Gasteiger partial charge in [-0.05, 0) is 17.7 Å². The number of pyridine rings is 1. The van der Waals surface area contributed by atoms with Gasteiger partial charge in [-0.25, -0.2) is 8.42 Å². The van der Waals surface area contributed by atoms with Crippen molar-refractivity contribution in [3.8, 4) is 0 Å². The lowest BCUT2D eigenvalue weighted by atomic mass is 10.2. The molecular formula is C15H13F3N2O5S. The summed E-state index contributed by atoms with van der Waals surface area (Å²) in [5, 5.41) is 8.73. The van der Waals surface area contributed by atoms with Crippen LogP contribution in [0.25, 0.3) is 0 Å². The van der Waals surface area contributed by atoms with Crippen molar-refractivity contribution in [1.29, 1.82) is 0 Å². The van der Waals surface area contributed by atoms with Crippen molar-refractivity contribution in [2.24, 2.45) is 0 Å². The monoisotopic (exact) mass is 390 g/mol. The Morgan fingerprint density at radius 3 is 2.27 bits per heavy atom. The molecule has 0 radical (unpaired) electrons. The lowest BCUT2D eigenvalue weighted by Crippen LogP contribution is -2.33. The summed E-state index contributed by atoms with van der Waals surface area (Å²) in [5.41, 5.74) is -3.16. The summed E-state index contributed by atoms with van der Waals surface area (Å²) >= 11 is 0. The second-order valence-corrected chi connectivity index (χ2v) is 6.98. The van der Waals surface area contributed by atoms with Gasteiger partial charge in [0.15, 0.2) is 0 Å². The molecule has 26 heavy (non-hydrogen) atoms. The van der Waals surface area contributed by atoms with Crippen molar-refractivity contribution >= 4 is 21.7 Å². The number of nitrogens with one attached hydrogen (secondary N) is 1. The van der Waals surface area contributed by atoms with Crippen molar-refractivity contribution in [3.05, 3.63) is 64.1 Å². The molecule has 2 N–H and O–H groups in total. The quantitative estimate of drug-likeness (QED) is 0.784. The average molecular weight is 390 g/mol. The number of sulfonamides is 1. The summed E-state index contributed by atoms with van der Waals surface area (Å²) in [6, 6.07) is 9.02. The van der Waals surface area contributed by atoms with Crippen LogP contribution in [0.1, 0.15) is 11.3 Å². The molecule has 0 aliphatic carbocycles. The molecule has 0 fully saturated rings. The smallest absolute Gasteiger partial charge is 0.431 e. The molecule has 11 heteroatoms. The first-order chi connectivity index (χ1) is 12.0. The molecule has 0 saturated carbocycles. The van der Waals surface area contributed by atoms with E-state index in [0.717, 1.165) is 0 Å². The number of anilines is 1. The Labute approximate surface area is 145 Å². The molecule has 140 valence electrons. The normalized spacial score (nSPS) is 12.0. The second-order valence-electron chi connectivity index (χ2n) is 5.26. The fraction of sp³-hybridized carbons (Fsp3) is 0.200. The van der Waals surface area contributed by atoms with Crippen LogP contribution >= 0.6 is 0 Å².